The van der Waals surface area contributed by atoms with Crippen LogP contribution in [0.25, 0.3) is 0 Å². The standard InChI is InChI=1S/C58H66N6O10S3/c1-9-59-31-50(65)54(77(69,70)72-8)19-21-75-76-58(3,4)20-18-55(66)60-41-24-37(34-73-51-29-48-44(22-36(51)2)56(67)63-42(32-61(48)5)26-39-14-10-12-16-46(39)63)23-38(25-41)35-74-53-30-49-45(28-52(53)71-7)57(68)64-43(33-62(49)6)27-40-15-11-13-17-47(40)64/h9-17,22-25,28-30,42-43,54H,18-21,26-27,31-35H2,1-8H3,(H,60,66)/t42-,43-,54?/m0/s1. The molecule has 0 bridgehead atoms. The zero-order chi connectivity index (χ0) is 54.8. The van der Waals surface area contributed by atoms with Crippen LogP contribution in [0.15, 0.2) is 96.0 Å². The van der Waals surface area contributed by atoms with Crippen molar-refractivity contribution in [1.82, 2.24) is 0 Å². The highest BCUT2D eigenvalue weighted by molar-refractivity contribution is 8.77. The molecular weight excluding hydrogens is 1040 g/mol. The molecule has 3 amide bonds. The van der Waals surface area contributed by atoms with Crippen molar-refractivity contribution >= 4 is 89.9 Å². The summed E-state index contributed by atoms with van der Waals surface area (Å²) >= 11 is 0. The van der Waals surface area contributed by atoms with Gasteiger partial charge in [-0.05, 0) is 130 Å². The Labute approximate surface area is 459 Å². The Morgan fingerprint density at radius 3 is 1.91 bits per heavy atom. The van der Waals surface area contributed by atoms with E-state index in [1.54, 1.807) is 20.1 Å². The van der Waals surface area contributed by atoms with E-state index < -0.39 is 21.2 Å². The molecule has 4 aliphatic heterocycles. The molecular formula is C58H66N6O10S3. The van der Waals surface area contributed by atoms with Crippen molar-refractivity contribution < 1.29 is 46.0 Å². The van der Waals surface area contributed by atoms with Crippen LogP contribution in [0.3, 0.4) is 0 Å². The first kappa shape index (κ1) is 55.2. The van der Waals surface area contributed by atoms with E-state index >= 15 is 0 Å². The number of ketones is 1. The minimum Gasteiger partial charge on any atom is -0.493 e. The Kier molecular flexibility index (Phi) is 16.6. The van der Waals surface area contributed by atoms with E-state index in [2.05, 4.69) is 32.2 Å². The highest BCUT2D eigenvalue weighted by Gasteiger charge is 2.41. The Morgan fingerprint density at radius 1 is 0.779 bits per heavy atom. The molecule has 406 valence electrons. The summed E-state index contributed by atoms with van der Waals surface area (Å²) in [5.74, 6) is 0.994. The molecule has 77 heavy (non-hydrogen) atoms. The number of hydrogen-bond donors (Lipinski definition) is 1. The van der Waals surface area contributed by atoms with Crippen LogP contribution in [-0.4, -0.2) is 114 Å². The molecule has 19 heteroatoms. The first-order chi connectivity index (χ1) is 36.9. The molecule has 0 radical (unpaired) electrons. The third-order valence-electron chi connectivity index (χ3n) is 14.6. The Morgan fingerprint density at radius 2 is 1.34 bits per heavy atom. The molecule has 0 saturated heterocycles. The molecule has 0 fully saturated rings. The minimum atomic E-state index is -4.09. The van der Waals surface area contributed by atoms with Gasteiger partial charge in [0, 0.05) is 73.3 Å². The number of nitrogens with zero attached hydrogens (tertiary/aromatic N) is 5. The van der Waals surface area contributed by atoms with Crippen LogP contribution < -0.4 is 39.1 Å². The summed E-state index contributed by atoms with van der Waals surface area (Å²) < 4.78 is 48.5. The van der Waals surface area contributed by atoms with E-state index in [9.17, 15) is 27.6 Å². The SMILES string of the molecule is CC=NCC(=O)C(CCSSC(C)(C)CCC(=O)Nc1cc(COc2cc3c(cc2C)C(=O)N2c4ccccc4C[C@H]2CN3C)cc(COc2cc3c(cc2OC)C(=O)N2c4ccccc4C[C@H]2CN3C)c1)S(=O)(=O)OC. The van der Waals surface area contributed by atoms with E-state index in [1.807, 2.05) is 117 Å². The van der Waals surface area contributed by atoms with Crippen LogP contribution in [0.1, 0.15) is 88.6 Å². The summed E-state index contributed by atoms with van der Waals surface area (Å²) in [7, 11) is 5.47. The highest BCUT2D eigenvalue weighted by atomic mass is 33.1. The maximum Gasteiger partial charge on any atom is 0.277 e. The van der Waals surface area contributed by atoms with E-state index in [4.69, 9.17) is 18.4 Å². The zero-order valence-electron chi connectivity index (χ0n) is 44.8. The maximum atomic E-state index is 14.3. The normalized spacial score (nSPS) is 17.2. The second-order valence-corrected chi connectivity index (χ2v) is 25.6. The quantitative estimate of drug-likeness (QED) is 0.0318. The molecule has 1 N–H and O–H groups in total. The second kappa shape index (κ2) is 23.2. The summed E-state index contributed by atoms with van der Waals surface area (Å²) in [4.78, 5) is 67.1. The molecule has 3 atom stereocenters. The fourth-order valence-corrected chi connectivity index (χ4v) is 14.6. The summed E-state index contributed by atoms with van der Waals surface area (Å²) in [5.41, 5.74) is 9.72. The Hall–Kier alpha value is -6.54. The van der Waals surface area contributed by atoms with E-state index in [1.165, 1.54) is 33.4 Å². The van der Waals surface area contributed by atoms with Crippen LogP contribution in [0.5, 0.6) is 17.2 Å². The summed E-state index contributed by atoms with van der Waals surface area (Å²) in [6.07, 6.45) is 3.76. The first-order valence-electron chi connectivity index (χ1n) is 25.8. The number of rotatable bonds is 21. The highest BCUT2D eigenvalue weighted by Crippen LogP contribution is 2.44. The van der Waals surface area contributed by atoms with Crippen LogP contribution in [0, 0.1) is 6.92 Å². The lowest BCUT2D eigenvalue weighted by molar-refractivity contribution is -0.117. The van der Waals surface area contributed by atoms with Crippen molar-refractivity contribution in [1.29, 1.82) is 0 Å². The Bertz CT molecular complexity index is 3240. The van der Waals surface area contributed by atoms with Gasteiger partial charge in [-0.2, -0.15) is 8.42 Å². The number of Topliss-reactive ketones (excluding diaryl/α,β-unsaturated/α-hetero) is 1. The topological polar surface area (TPSA) is 177 Å². The number of amides is 3. The van der Waals surface area contributed by atoms with Gasteiger partial charge in [0.2, 0.25) is 5.91 Å². The van der Waals surface area contributed by atoms with Crippen LogP contribution in [-0.2, 0) is 49.9 Å². The predicted octanol–water partition coefficient (Wildman–Crippen LogP) is 9.48. The van der Waals surface area contributed by atoms with Gasteiger partial charge in [0.05, 0.1) is 55.3 Å². The largest absolute Gasteiger partial charge is 0.493 e. The number of fused-ring (bicyclic) bond motifs is 8. The van der Waals surface area contributed by atoms with Crippen molar-refractivity contribution in [2.45, 2.75) is 95.1 Å². The van der Waals surface area contributed by atoms with E-state index in [0.29, 0.717) is 59.3 Å². The molecule has 0 saturated carbocycles. The Balaban J connectivity index is 0.923. The number of methoxy groups -OCH3 is 1. The first-order valence-corrected chi connectivity index (χ1v) is 29.5. The van der Waals surface area contributed by atoms with Gasteiger partial charge in [0.1, 0.15) is 24.2 Å². The minimum absolute atomic E-state index is 0.00568. The number of para-hydroxylation sites is 2. The molecule has 1 unspecified atom stereocenters. The van der Waals surface area contributed by atoms with Crippen molar-refractivity contribution in [3.63, 3.8) is 0 Å². The third kappa shape index (κ3) is 12.0. The van der Waals surface area contributed by atoms with Crippen LogP contribution in [0.4, 0.5) is 28.4 Å². The van der Waals surface area contributed by atoms with Gasteiger partial charge in [0.15, 0.2) is 17.3 Å². The number of benzene rings is 5. The van der Waals surface area contributed by atoms with Gasteiger partial charge in [-0.3, -0.25) is 28.4 Å². The molecule has 4 aliphatic rings. The summed E-state index contributed by atoms with van der Waals surface area (Å²) in [5, 5.41) is 1.79. The number of aryl methyl sites for hydroxylation is 1. The number of hydrogen-bond acceptors (Lipinski definition) is 15. The monoisotopic (exact) mass is 1100 g/mol. The fourth-order valence-electron chi connectivity index (χ4n) is 10.7. The number of likely N-dealkylation sites (N-methyl/N-ethyl adjacent to an activating group) is 2. The summed E-state index contributed by atoms with van der Waals surface area (Å²) in [6, 6.07) is 29.3. The second-order valence-electron chi connectivity index (χ2n) is 20.6. The lowest BCUT2D eigenvalue weighted by Gasteiger charge is -2.25. The molecule has 0 spiro atoms. The molecule has 0 aliphatic carbocycles. The smallest absolute Gasteiger partial charge is 0.277 e. The lowest BCUT2D eigenvalue weighted by Crippen LogP contribution is -2.41. The average molecular weight is 1100 g/mol. The maximum absolute atomic E-state index is 14.3. The zero-order valence-corrected chi connectivity index (χ0v) is 47.2. The molecule has 9 rings (SSSR count). The van der Waals surface area contributed by atoms with Gasteiger partial charge >= 0.3 is 0 Å². The van der Waals surface area contributed by atoms with Gasteiger partial charge in [-0.1, -0.05) is 58.0 Å². The number of nitrogens with one attached hydrogen (secondary N) is 1. The summed E-state index contributed by atoms with van der Waals surface area (Å²) in [6.45, 7) is 8.90. The van der Waals surface area contributed by atoms with Crippen molar-refractivity contribution in [2.75, 3.05) is 78.6 Å². The van der Waals surface area contributed by atoms with E-state index in [0.717, 1.165) is 65.0 Å². The molecule has 0 aromatic heterocycles. The van der Waals surface area contributed by atoms with Crippen molar-refractivity contribution in [3.8, 4) is 17.2 Å². The average Bonchev–Trinajstić information content (AvgIpc) is 3.95. The fraction of sp³-hybridized carbons (Fsp3) is 0.397. The van der Waals surface area contributed by atoms with Gasteiger partial charge < -0.3 is 39.1 Å². The third-order valence-corrected chi connectivity index (χ3v) is 19.6. The number of anilines is 5. The van der Waals surface area contributed by atoms with Crippen LogP contribution >= 0.6 is 21.6 Å². The molecule has 5 aromatic carbocycles. The van der Waals surface area contributed by atoms with Crippen LogP contribution in [0.2, 0.25) is 0 Å². The number of carbonyl (C=O) groups excluding carboxylic acids is 4. The van der Waals surface area contributed by atoms with Gasteiger partial charge in [-0.15, -0.1) is 0 Å². The van der Waals surface area contributed by atoms with Gasteiger partial charge in [-0.25, -0.2) is 0 Å². The van der Waals surface area contributed by atoms with Gasteiger partial charge in [0.25, 0.3) is 21.9 Å². The molecule has 16 nitrogen and oxygen atoms in total. The predicted molar refractivity (Wildman–Crippen MR) is 308 cm³/mol. The van der Waals surface area contributed by atoms with Crippen molar-refractivity contribution in [2.24, 2.45) is 4.99 Å². The lowest BCUT2D eigenvalue weighted by atomic mass is 10.1. The number of carbonyl (C=O) groups is 4. The molecule has 5 aromatic rings. The number of ether oxygens (including phenoxy) is 3. The molecule has 4 heterocycles. The number of aliphatic imine (C=N–C) groups is 1. The van der Waals surface area contributed by atoms with E-state index in [-0.39, 0.29) is 67.2 Å². The van der Waals surface area contributed by atoms with Crippen molar-refractivity contribution in [3.05, 3.63) is 130 Å².